The van der Waals surface area contributed by atoms with Crippen molar-refractivity contribution in [3.63, 3.8) is 0 Å². The average Bonchev–Trinajstić information content (AvgIpc) is 3.06. The van der Waals surface area contributed by atoms with Crippen LogP contribution < -0.4 is 0 Å². The molecule has 0 aromatic carbocycles. The predicted molar refractivity (Wildman–Crippen MR) is 76.1 cm³/mol. The number of aryl methyl sites for hydroxylation is 1. The highest BCUT2D eigenvalue weighted by Crippen LogP contribution is 2.22. The van der Waals surface area contributed by atoms with E-state index in [1.54, 1.807) is 23.0 Å². The fourth-order valence-corrected chi connectivity index (χ4v) is 2.10. The van der Waals surface area contributed by atoms with Gasteiger partial charge in [0.05, 0.1) is 5.69 Å². The minimum atomic E-state index is 0.421. The van der Waals surface area contributed by atoms with Gasteiger partial charge in [-0.15, -0.1) is 5.10 Å². The fourth-order valence-electron chi connectivity index (χ4n) is 2.10. The molecule has 0 aliphatic heterocycles. The number of aromatic nitrogens is 6. The quantitative estimate of drug-likeness (QED) is 0.729. The molecule has 108 valence electrons. The third-order valence-corrected chi connectivity index (χ3v) is 2.99. The molecule has 3 rings (SSSR count). The Labute approximate surface area is 122 Å². The molecule has 0 fully saturated rings. The summed E-state index contributed by atoms with van der Waals surface area (Å²) in [5, 5.41) is 16.2. The van der Waals surface area contributed by atoms with E-state index in [9.17, 15) is 0 Å². The van der Waals surface area contributed by atoms with E-state index in [-0.39, 0.29) is 0 Å². The van der Waals surface area contributed by atoms with Crippen LogP contribution in [-0.4, -0.2) is 30.1 Å². The lowest BCUT2D eigenvalue weighted by atomic mass is 10.1. The second kappa shape index (κ2) is 5.43. The molecule has 0 unspecified atom stereocenters. The van der Waals surface area contributed by atoms with Gasteiger partial charge in [0.1, 0.15) is 11.4 Å². The number of hydrogen-bond acceptors (Lipinski definition) is 6. The smallest absolute Gasteiger partial charge is 0.276 e. The molecular weight excluding hydrogens is 268 g/mol. The second-order valence-electron chi connectivity index (χ2n) is 5.27. The molecule has 0 saturated carbocycles. The standard InChI is InChI=1S/C14H16N6O/c1-9(2)7-10-8-12(20(3)18-10)14-16-13(19-21-14)11-5-4-6-15-17-11/h4-6,8-9H,7H2,1-3H3. The van der Waals surface area contributed by atoms with Gasteiger partial charge in [0.15, 0.2) is 0 Å². The summed E-state index contributed by atoms with van der Waals surface area (Å²) in [6.07, 6.45) is 2.52. The molecule has 7 heteroatoms. The van der Waals surface area contributed by atoms with Crippen LogP contribution in [0.1, 0.15) is 19.5 Å². The monoisotopic (exact) mass is 284 g/mol. The van der Waals surface area contributed by atoms with Crippen molar-refractivity contribution in [3.05, 3.63) is 30.1 Å². The Balaban J connectivity index is 1.91. The minimum absolute atomic E-state index is 0.421. The van der Waals surface area contributed by atoms with Crippen molar-refractivity contribution in [3.8, 4) is 23.1 Å². The number of rotatable bonds is 4. The summed E-state index contributed by atoms with van der Waals surface area (Å²) in [6.45, 7) is 4.32. The average molecular weight is 284 g/mol. The summed E-state index contributed by atoms with van der Waals surface area (Å²) in [4.78, 5) is 4.36. The molecule has 0 aliphatic carbocycles. The van der Waals surface area contributed by atoms with Crippen LogP contribution >= 0.6 is 0 Å². The number of nitrogens with zero attached hydrogens (tertiary/aromatic N) is 6. The highest BCUT2D eigenvalue weighted by atomic mass is 16.5. The Morgan fingerprint density at radius 1 is 1.33 bits per heavy atom. The molecule has 0 N–H and O–H groups in total. The Morgan fingerprint density at radius 3 is 2.90 bits per heavy atom. The van der Waals surface area contributed by atoms with E-state index in [0.717, 1.165) is 17.8 Å². The van der Waals surface area contributed by atoms with Gasteiger partial charge in [-0.3, -0.25) is 4.68 Å². The maximum absolute atomic E-state index is 5.31. The lowest BCUT2D eigenvalue weighted by Crippen LogP contribution is -1.97. The van der Waals surface area contributed by atoms with Crippen LogP contribution in [0, 0.1) is 5.92 Å². The van der Waals surface area contributed by atoms with E-state index in [4.69, 9.17) is 4.52 Å². The van der Waals surface area contributed by atoms with Gasteiger partial charge in [-0.2, -0.15) is 15.2 Å². The molecule has 0 bridgehead atoms. The zero-order valence-electron chi connectivity index (χ0n) is 12.2. The molecule has 21 heavy (non-hydrogen) atoms. The summed E-state index contributed by atoms with van der Waals surface area (Å²) in [6, 6.07) is 5.55. The van der Waals surface area contributed by atoms with Crippen molar-refractivity contribution in [1.82, 2.24) is 30.1 Å². The van der Waals surface area contributed by atoms with Crippen molar-refractivity contribution in [2.45, 2.75) is 20.3 Å². The second-order valence-corrected chi connectivity index (χ2v) is 5.27. The van der Waals surface area contributed by atoms with E-state index in [2.05, 4.69) is 39.3 Å². The molecule has 0 aliphatic rings. The van der Waals surface area contributed by atoms with Crippen LogP contribution in [0.15, 0.2) is 28.9 Å². The summed E-state index contributed by atoms with van der Waals surface area (Å²) >= 11 is 0. The first-order valence-corrected chi connectivity index (χ1v) is 6.78. The first-order valence-electron chi connectivity index (χ1n) is 6.78. The van der Waals surface area contributed by atoms with Gasteiger partial charge in [0.25, 0.3) is 5.89 Å². The molecule has 0 amide bonds. The van der Waals surface area contributed by atoms with E-state index >= 15 is 0 Å². The first-order chi connectivity index (χ1) is 10.1. The molecule has 3 heterocycles. The summed E-state index contributed by atoms with van der Waals surface area (Å²) in [5.74, 6) is 1.40. The van der Waals surface area contributed by atoms with Gasteiger partial charge < -0.3 is 4.52 Å². The molecule has 0 radical (unpaired) electrons. The molecule has 0 spiro atoms. The van der Waals surface area contributed by atoms with Gasteiger partial charge >= 0.3 is 0 Å². The SMILES string of the molecule is CC(C)Cc1cc(-c2nc(-c3cccnn3)no2)n(C)n1. The lowest BCUT2D eigenvalue weighted by molar-refractivity contribution is 0.428. The highest BCUT2D eigenvalue weighted by molar-refractivity contribution is 5.54. The van der Waals surface area contributed by atoms with E-state index in [0.29, 0.717) is 23.3 Å². The topological polar surface area (TPSA) is 82.5 Å². The summed E-state index contributed by atoms with van der Waals surface area (Å²) in [5.41, 5.74) is 2.40. The maximum Gasteiger partial charge on any atom is 0.276 e. The predicted octanol–water partition coefficient (Wildman–Crippen LogP) is 2.13. The third-order valence-electron chi connectivity index (χ3n) is 2.99. The molecule has 3 aromatic heterocycles. The van der Waals surface area contributed by atoms with Gasteiger partial charge in [-0.05, 0) is 30.5 Å². The van der Waals surface area contributed by atoms with Gasteiger partial charge in [-0.1, -0.05) is 19.0 Å². The van der Waals surface area contributed by atoms with E-state index in [1.165, 1.54) is 0 Å². The molecular formula is C14H16N6O. The van der Waals surface area contributed by atoms with Crippen LogP contribution in [0.2, 0.25) is 0 Å². The van der Waals surface area contributed by atoms with Gasteiger partial charge in [-0.25, -0.2) is 0 Å². The molecule has 7 nitrogen and oxygen atoms in total. The van der Waals surface area contributed by atoms with Gasteiger partial charge in [0, 0.05) is 13.2 Å². The fraction of sp³-hybridized carbons (Fsp3) is 0.357. The van der Waals surface area contributed by atoms with Crippen molar-refractivity contribution < 1.29 is 4.52 Å². The number of hydrogen-bond donors (Lipinski definition) is 0. The highest BCUT2D eigenvalue weighted by Gasteiger charge is 2.16. The summed E-state index contributed by atoms with van der Waals surface area (Å²) < 4.78 is 7.07. The Kier molecular flexibility index (Phi) is 3.47. The maximum atomic E-state index is 5.31. The third kappa shape index (κ3) is 2.81. The normalized spacial score (nSPS) is 11.2. The van der Waals surface area contributed by atoms with Crippen LogP contribution in [-0.2, 0) is 13.5 Å². The van der Waals surface area contributed by atoms with E-state index in [1.807, 2.05) is 13.1 Å². The Hall–Kier alpha value is -2.57. The first kappa shape index (κ1) is 13.4. The largest absolute Gasteiger partial charge is 0.332 e. The zero-order valence-corrected chi connectivity index (χ0v) is 12.2. The van der Waals surface area contributed by atoms with Crippen molar-refractivity contribution in [1.29, 1.82) is 0 Å². The Bertz CT molecular complexity index is 731. The van der Waals surface area contributed by atoms with Crippen LogP contribution in [0.3, 0.4) is 0 Å². The zero-order chi connectivity index (χ0) is 14.8. The minimum Gasteiger partial charge on any atom is -0.332 e. The molecule has 0 saturated heterocycles. The molecule has 3 aromatic rings. The lowest BCUT2D eigenvalue weighted by Gasteiger charge is -1.98. The van der Waals surface area contributed by atoms with Crippen LogP contribution in [0.4, 0.5) is 0 Å². The van der Waals surface area contributed by atoms with Crippen molar-refractivity contribution >= 4 is 0 Å². The summed E-state index contributed by atoms with van der Waals surface area (Å²) in [7, 11) is 1.87. The molecule has 0 atom stereocenters. The van der Waals surface area contributed by atoms with Crippen molar-refractivity contribution in [2.75, 3.05) is 0 Å². The van der Waals surface area contributed by atoms with Gasteiger partial charge in [0.2, 0.25) is 5.82 Å². The van der Waals surface area contributed by atoms with E-state index < -0.39 is 0 Å². The van der Waals surface area contributed by atoms with Crippen LogP contribution in [0.25, 0.3) is 23.1 Å². The van der Waals surface area contributed by atoms with Crippen LogP contribution in [0.5, 0.6) is 0 Å². The Morgan fingerprint density at radius 2 is 2.19 bits per heavy atom. The van der Waals surface area contributed by atoms with Crippen molar-refractivity contribution in [2.24, 2.45) is 13.0 Å².